The van der Waals surface area contributed by atoms with Gasteiger partial charge in [-0.05, 0) is 10.8 Å². The van der Waals surface area contributed by atoms with E-state index in [-0.39, 0.29) is 35.6 Å². The van der Waals surface area contributed by atoms with E-state index in [1.165, 1.54) is 76.8 Å². The molecule has 0 aliphatic heterocycles. The van der Waals surface area contributed by atoms with Gasteiger partial charge in [0.2, 0.25) is 0 Å². The molecule has 7 aromatic rings. The first kappa shape index (κ1) is 43.9. The number of benzene rings is 4. The van der Waals surface area contributed by atoms with Crippen molar-refractivity contribution in [1.29, 1.82) is 0 Å². The van der Waals surface area contributed by atoms with Crippen LogP contribution in [0.3, 0.4) is 0 Å². The normalized spacial score (nSPS) is 11.0. The summed E-state index contributed by atoms with van der Waals surface area (Å²) in [5.74, 6) is 0. The average molecular weight is 794 g/mol. The SMILES string of the molecule is CC(C)(C)c1cc[cH-]c1.CC(C)(C)c1ccc2c(c1)[cH-]c1cc(C(C)(C)C)ccc12.Cl.Cl.[Zr]=[C](c1ccccc1)c1ccccc1.c1cc[cH-]c1. The number of halogens is 2. The van der Waals surface area contributed by atoms with Crippen LogP contribution < -0.4 is 0 Å². The Hall–Kier alpha value is -3.22. The molecule has 0 saturated heterocycles. The molecule has 0 aromatic heterocycles. The molecule has 0 nitrogen and oxygen atoms in total. The molecule has 51 heavy (non-hydrogen) atoms. The Bertz CT molecular complexity index is 1860. The molecule has 0 aliphatic carbocycles. The smallest absolute Gasteiger partial charge is 0.172 e. The minimum Gasteiger partial charge on any atom is -0.214 e. The minimum atomic E-state index is 0. The quantitative estimate of drug-likeness (QED) is 0.153. The first-order chi connectivity index (χ1) is 23.1. The second-order valence-electron chi connectivity index (χ2n) is 15.7. The molecule has 0 aliphatic rings. The summed E-state index contributed by atoms with van der Waals surface area (Å²) in [6.07, 6.45) is 0. The van der Waals surface area contributed by atoms with Gasteiger partial charge in [-0.1, -0.05) is 103 Å². The van der Waals surface area contributed by atoms with E-state index in [4.69, 9.17) is 0 Å². The molecule has 0 heterocycles. The molecule has 0 unspecified atom stereocenters. The van der Waals surface area contributed by atoms with Gasteiger partial charge in [0.05, 0.1) is 0 Å². The summed E-state index contributed by atoms with van der Waals surface area (Å²) in [4.78, 5) is 0. The topological polar surface area (TPSA) is 0 Å². The van der Waals surface area contributed by atoms with Gasteiger partial charge in [-0.25, -0.2) is 18.2 Å². The molecule has 0 atom stereocenters. The van der Waals surface area contributed by atoms with Gasteiger partial charge in [-0.15, -0.1) is 64.6 Å². The summed E-state index contributed by atoms with van der Waals surface area (Å²) in [6, 6.07) is 55.8. The van der Waals surface area contributed by atoms with Crippen LogP contribution in [0.2, 0.25) is 0 Å². The van der Waals surface area contributed by atoms with Gasteiger partial charge in [-0.3, -0.25) is 0 Å². The van der Waals surface area contributed by atoms with E-state index in [1.807, 2.05) is 30.3 Å². The maximum Gasteiger partial charge on any atom is -0.172 e. The van der Waals surface area contributed by atoms with Crippen molar-refractivity contribution in [3.8, 4) is 0 Å². The fourth-order valence-corrected chi connectivity index (χ4v) is 6.35. The van der Waals surface area contributed by atoms with Crippen LogP contribution in [0.15, 0.2) is 158 Å². The van der Waals surface area contributed by atoms with Crippen molar-refractivity contribution < 1.29 is 24.2 Å². The molecule has 0 fully saturated rings. The second kappa shape index (κ2) is 19.6. The molecule has 7 rings (SSSR count). The number of rotatable bonds is 2. The van der Waals surface area contributed by atoms with Gasteiger partial charge in [0.1, 0.15) is 0 Å². The fourth-order valence-electron chi connectivity index (χ4n) is 5.53. The molecule has 0 bridgehead atoms. The molecule has 0 amide bonds. The van der Waals surface area contributed by atoms with Crippen molar-refractivity contribution in [1.82, 2.24) is 0 Å². The van der Waals surface area contributed by atoms with Crippen molar-refractivity contribution in [3.63, 3.8) is 0 Å². The van der Waals surface area contributed by atoms with Crippen molar-refractivity contribution in [3.05, 3.63) is 186 Å². The monoisotopic (exact) mass is 791 g/mol. The molecule has 0 radical (unpaired) electrons. The predicted molar refractivity (Wildman–Crippen MR) is 228 cm³/mol. The Labute approximate surface area is 335 Å². The molecular formula is C48H55Cl2Zr-3. The Balaban J connectivity index is 0.000000259. The molecule has 268 valence electrons. The van der Waals surface area contributed by atoms with E-state index < -0.39 is 0 Å². The van der Waals surface area contributed by atoms with Crippen LogP contribution in [0.1, 0.15) is 90.1 Å². The van der Waals surface area contributed by atoms with Crippen molar-refractivity contribution >= 4 is 49.6 Å². The minimum absolute atomic E-state index is 0. The maximum atomic E-state index is 2.35. The number of fused-ring (bicyclic) bond motifs is 3. The van der Waals surface area contributed by atoms with Gasteiger partial charge in [0.25, 0.3) is 0 Å². The van der Waals surface area contributed by atoms with Gasteiger partial charge >= 0.3 is 99.2 Å². The molecule has 0 N–H and O–H groups in total. The molecule has 7 aromatic carbocycles. The van der Waals surface area contributed by atoms with Gasteiger partial charge in [-0.2, -0.15) is 42.0 Å². The van der Waals surface area contributed by atoms with Crippen LogP contribution in [0, 0.1) is 0 Å². The summed E-state index contributed by atoms with van der Waals surface area (Å²) in [7, 11) is 0. The van der Waals surface area contributed by atoms with Gasteiger partial charge in [0.15, 0.2) is 0 Å². The zero-order chi connectivity index (χ0) is 35.7. The van der Waals surface area contributed by atoms with E-state index in [0.29, 0.717) is 5.41 Å². The van der Waals surface area contributed by atoms with Crippen LogP contribution in [0.5, 0.6) is 0 Å². The van der Waals surface area contributed by atoms with Crippen molar-refractivity contribution in [2.24, 2.45) is 0 Å². The first-order valence-electron chi connectivity index (χ1n) is 17.4. The Morgan fingerprint density at radius 3 is 1.16 bits per heavy atom. The maximum absolute atomic E-state index is 2.35. The zero-order valence-corrected chi connectivity index (χ0v) is 35.9. The Kier molecular flexibility index (Phi) is 16.9. The standard InChI is InChI=1S/C21H25.C13H10.C9H13.C5H5.2ClH.Zr/c1-20(2,3)16-7-9-18-14(12-16)11-15-13-17(21(4,5)6)8-10-19(15)18;1-3-7-12(8-4-1)11-13-9-5-2-6-10-13;1-9(2,3)8-6-4-5-7-8;1-2-4-5-3-1;;;/h7-13H,1-6H3;1-10H;4-7H,1-3H3;1-5H;2*1H;/q-1;;2*-1;;;. The van der Waals surface area contributed by atoms with Crippen molar-refractivity contribution in [2.75, 3.05) is 0 Å². The summed E-state index contributed by atoms with van der Waals surface area (Å²) in [5, 5.41) is 5.48. The molecule has 0 saturated carbocycles. The van der Waals surface area contributed by atoms with Crippen LogP contribution in [0.4, 0.5) is 0 Å². The predicted octanol–water partition coefficient (Wildman–Crippen LogP) is 14.1. The molecular weight excluding hydrogens is 739 g/mol. The van der Waals surface area contributed by atoms with E-state index in [1.54, 1.807) is 0 Å². The number of hydrogen-bond acceptors (Lipinski definition) is 0. The average Bonchev–Trinajstić information content (AvgIpc) is 3.88. The van der Waals surface area contributed by atoms with E-state index in [9.17, 15) is 0 Å². The summed E-state index contributed by atoms with van der Waals surface area (Å²) in [6.45, 7) is 20.3. The Morgan fingerprint density at radius 1 is 0.451 bits per heavy atom. The Morgan fingerprint density at radius 2 is 0.863 bits per heavy atom. The van der Waals surface area contributed by atoms with Crippen molar-refractivity contribution in [2.45, 2.75) is 78.6 Å². The van der Waals surface area contributed by atoms with Crippen LogP contribution in [-0.4, -0.2) is 3.21 Å². The second-order valence-corrected chi connectivity index (χ2v) is 17.0. The summed E-state index contributed by atoms with van der Waals surface area (Å²) >= 11 is 1.46. The van der Waals surface area contributed by atoms with Crippen LogP contribution in [-0.2, 0) is 40.5 Å². The first-order valence-corrected chi connectivity index (χ1v) is 18.6. The van der Waals surface area contributed by atoms with Crippen LogP contribution >= 0.6 is 24.8 Å². The molecule has 3 heteroatoms. The van der Waals surface area contributed by atoms with E-state index in [2.05, 4.69) is 190 Å². The third-order valence-electron chi connectivity index (χ3n) is 8.65. The van der Waals surface area contributed by atoms with Gasteiger partial charge in [0, 0.05) is 0 Å². The largest absolute Gasteiger partial charge is 0.214 e. The summed E-state index contributed by atoms with van der Waals surface area (Å²) < 4.78 is 1.42. The van der Waals surface area contributed by atoms with E-state index >= 15 is 0 Å². The third-order valence-corrected chi connectivity index (χ3v) is 10.1. The van der Waals surface area contributed by atoms with Crippen LogP contribution in [0.25, 0.3) is 21.5 Å². The van der Waals surface area contributed by atoms with Gasteiger partial charge < -0.3 is 0 Å². The van der Waals surface area contributed by atoms with E-state index in [0.717, 1.165) is 0 Å². The zero-order valence-electron chi connectivity index (χ0n) is 31.8. The summed E-state index contributed by atoms with van der Waals surface area (Å²) in [5.41, 5.74) is 7.62. The number of hydrogen-bond donors (Lipinski definition) is 0. The fraction of sp³-hybridized carbons (Fsp3) is 0.250. The third kappa shape index (κ3) is 13.1. The molecule has 0 spiro atoms.